The van der Waals surface area contributed by atoms with Crippen LogP contribution >= 0.6 is 0 Å². The number of nitrogens with one attached hydrogen (secondary N) is 2. The van der Waals surface area contributed by atoms with Gasteiger partial charge in [0, 0.05) is 11.1 Å². The predicted octanol–water partition coefficient (Wildman–Crippen LogP) is 3.25. The van der Waals surface area contributed by atoms with E-state index in [2.05, 4.69) is 41.2 Å². The first-order chi connectivity index (χ1) is 10.4. The fourth-order valence-electron chi connectivity index (χ4n) is 2.35. The van der Waals surface area contributed by atoms with E-state index in [4.69, 9.17) is 4.74 Å². The third-order valence-corrected chi connectivity index (χ3v) is 3.26. The number of nitrogens with zero attached hydrogens (tertiary/aromatic N) is 3. The van der Waals surface area contributed by atoms with Gasteiger partial charge in [-0.3, -0.25) is 5.10 Å². The van der Waals surface area contributed by atoms with Crippen LogP contribution in [0.4, 0.5) is 5.82 Å². The molecule has 0 bridgehead atoms. The number of aromatic nitrogens is 4. The van der Waals surface area contributed by atoms with Crippen molar-refractivity contribution in [3.05, 3.63) is 30.1 Å². The van der Waals surface area contributed by atoms with E-state index in [0.717, 1.165) is 28.6 Å². The van der Waals surface area contributed by atoms with Crippen LogP contribution in [0.1, 0.15) is 26.6 Å². The largest absolute Gasteiger partial charge is 0.497 e. The average Bonchev–Trinajstić information content (AvgIpc) is 2.95. The molecule has 6 nitrogen and oxygen atoms in total. The van der Waals surface area contributed by atoms with Gasteiger partial charge in [-0.25, -0.2) is 9.50 Å². The summed E-state index contributed by atoms with van der Waals surface area (Å²) < 4.78 is 7.10. The van der Waals surface area contributed by atoms with Crippen molar-refractivity contribution >= 4 is 11.6 Å². The molecule has 3 aromatic rings. The van der Waals surface area contributed by atoms with Gasteiger partial charge in [0.25, 0.3) is 5.78 Å². The van der Waals surface area contributed by atoms with Crippen molar-refractivity contribution < 1.29 is 4.74 Å². The van der Waals surface area contributed by atoms with Crippen LogP contribution in [0.15, 0.2) is 24.3 Å². The van der Waals surface area contributed by atoms with Gasteiger partial charge in [0.2, 0.25) is 0 Å². The fraction of sp³-hybridized carbons (Fsp3) is 0.375. The number of H-pyrrole nitrogens is 1. The van der Waals surface area contributed by atoms with Crippen LogP contribution in [0, 0.1) is 6.92 Å². The van der Waals surface area contributed by atoms with Crippen molar-refractivity contribution in [1.82, 2.24) is 19.6 Å². The molecule has 0 saturated carbocycles. The Hall–Kier alpha value is -2.50. The monoisotopic (exact) mass is 299 g/mol. The molecule has 0 atom stereocenters. The van der Waals surface area contributed by atoms with E-state index >= 15 is 0 Å². The van der Waals surface area contributed by atoms with Crippen molar-refractivity contribution in [2.45, 2.75) is 33.2 Å². The summed E-state index contributed by atoms with van der Waals surface area (Å²) in [6, 6.07) is 7.87. The molecule has 6 heteroatoms. The molecule has 22 heavy (non-hydrogen) atoms. The van der Waals surface area contributed by atoms with Crippen LogP contribution in [-0.4, -0.2) is 32.2 Å². The van der Waals surface area contributed by atoms with E-state index in [1.807, 2.05) is 35.7 Å². The van der Waals surface area contributed by atoms with Crippen molar-refractivity contribution in [2.24, 2.45) is 0 Å². The first kappa shape index (κ1) is 14.4. The molecular formula is C16H21N5O. The summed E-state index contributed by atoms with van der Waals surface area (Å²) in [5.41, 5.74) is 1.80. The van der Waals surface area contributed by atoms with Crippen LogP contribution in [-0.2, 0) is 0 Å². The van der Waals surface area contributed by atoms with E-state index in [0.29, 0.717) is 5.78 Å². The van der Waals surface area contributed by atoms with Crippen LogP contribution in [0.5, 0.6) is 5.75 Å². The van der Waals surface area contributed by atoms with E-state index in [9.17, 15) is 0 Å². The molecule has 0 aliphatic rings. The second-order valence-electron chi connectivity index (χ2n) is 6.36. The lowest BCUT2D eigenvalue weighted by Gasteiger charge is -2.22. The van der Waals surface area contributed by atoms with Gasteiger partial charge in [0.15, 0.2) is 5.82 Å². The zero-order valence-corrected chi connectivity index (χ0v) is 13.6. The quantitative estimate of drug-likeness (QED) is 0.779. The van der Waals surface area contributed by atoms with Crippen LogP contribution < -0.4 is 10.1 Å². The smallest absolute Gasteiger partial charge is 0.253 e. The summed E-state index contributed by atoms with van der Waals surface area (Å²) in [5.74, 6) is 3.23. The first-order valence-corrected chi connectivity index (χ1v) is 7.25. The minimum absolute atomic E-state index is 0.0871. The molecule has 0 saturated heterocycles. The first-order valence-electron chi connectivity index (χ1n) is 7.25. The molecule has 2 N–H and O–H groups in total. The Morgan fingerprint density at radius 2 is 1.82 bits per heavy atom. The summed E-state index contributed by atoms with van der Waals surface area (Å²) in [4.78, 5) is 9.08. The molecule has 3 rings (SSSR count). The molecular weight excluding hydrogens is 278 g/mol. The number of imidazole rings is 1. The number of anilines is 1. The topological polar surface area (TPSA) is 67.2 Å². The molecule has 116 valence electrons. The highest BCUT2D eigenvalue weighted by Gasteiger charge is 2.21. The number of benzene rings is 1. The van der Waals surface area contributed by atoms with Gasteiger partial charge in [-0.05, 0) is 52.0 Å². The maximum Gasteiger partial charge on any atom is 0.253 e. The molecule has 0 amide bonds. The number of ether oxygens (including phenoxy) is 1. The predicted molar refractivity (Wildman–Crippen MR) is 87.4 cm³/mol. The van der Waals surface area contributed by atoms with Crippen molar-refractivity contribution in [1.29, 1.82) is 0 Å². The van der Waals surface area contributed by atoms with Gasteiger partial charge in [0.05, 0.1) is 7.11 Å². The molecule has 0 radical (unpaired) electrons. The number of rotatable bonds is 3. The second-order valence-corrected chi connectivity index (χ2v) is 6.36. The maximum absolute atomic E-state index is 5.22. The third kappa shape index (κ3) is 2.64. The van der Waals surface area contributed by atoms with Crippen LogP contribution in [0.25, 0.3) is 17.0 Å². The number of fused-ring (bicyclic) bond motifs is 1. The van der Waals surface area contributed by atoms with E-state index in [1.54, 1.807) is 7.11 Å². The highest BCUT2D eigenvalue weighted by atomic mass is 16.5. The number of methoxy groups -OCH3 is 1. The number of aryl methyl sites for hydroxylation is 1. The Bertz CT molecular complexity index is 792. The van der Waals surface area contributed by atoms with Crippen molar-refractivity contribution in [2.75, 3.05) is 12.4 Å². The van der Waals surface area contributed by atoms with Gasteiger partial charge in [-0.2, -0.15) is 4.98 Å². The van der Waals surface area contributed by atoms with E-state index in [-0.39, 0.29) is 5.54 Å². The molecule has 0 aliphatic heterocycles. The molecule has 0 unspecified atom stereocenters. The summed E-state index contributed by atoms with van der Waals surface area (Å²) in [7, 11) is 1.66. The van der Waals surface area contributed by atoms with Gasteiger partial charge < -0.3 is 10.1 Å². The summed E-state index contributed by atoms with van der Waals surface area (Å²) in [5, 5.41) is 6.73. The van der Waals surface area contributed by atoms with Gasteiger partial charge in [-0.15, -0.1) is 0 Å². The lowest BCUT2D eigenvalue weighted by atomic mass is 10.1. The number of aromatic amines is 1. The minimum atomic E-state index is -0.0871. The SMILES string of the molecule is COc1ccc(-c2nc3nc(C)[nH]n3c2NC(C)(C)C)cc1. The van der Waals surface area contributed by atoms with Crippen LogP contribution in [0.2, 0.25) is 0 Å². The summed E-state index contributed by atoms with van der Waals surface area (Å²) in [6.07, 6.45) is 0. The lowest BCUT2D eigenvalue weighted by molar-refractivity contribution is 0.415. The highest BCUT2D eigenvalue weighted by molar-refractivity contribution is 5.76. The summed E-state index contributed by atoms with van der Waals surface area (Å²) >= 11 is 0. The Kier molecular flexibility index (Phi) is 3.31. The zero-order valence-electron chi connectivity index (χ0n) is 13.6. The Labute approximate surface area is 129 Å². The standard InChI is InChI=1S/C16H21N5O/c1-10-17-15-18-13(11-6-8-12(22-5)9-7-11)14(21(15)20-10)19-16(2,3)4/h6-9,19H,1-5H3,(H,17,18,20). The van der Waals surface area contributed by atoms with Gasteiger partial charge >= 0.3 is 0 Å². The Balaban J connectivity index is 2.14. The maximum atomic E-state index is 5.22. The lowest BCUT2D eigenvalue weighted by Crippen LogP contribution is -2.27. The fourth-order valence-corrected chi connectivity index (χ4v) is 2.35. The van der Waals surface area contributed by atoms with Gasteiger partial charge in [-0.1, -0.05) is 0 Å². The van der Waals surface area contributed by atoms with Crippen molar-refractivity contribution in [3.8, 4) is 17.0 Å². The normalized spacial score (nSPS) is 11.9. The molecule has 2 heterocycles. The van der Waals surface area contributed by atoms with Crippen LogP contribution in [0.3, 0.4) is 0 Å². The molecule has 0 fully saturated rings. The van der Waals surface area contributed by atoms with Gasteiger partial charge in [0.1, 0.15) is 17.3 Å². The molecule has 0 spiro atoms. The second kappa shape index (κ2) is 5.05. The average molecular weight is 299 g/mol. The van der Waals surface area contributed by atoms with Crippen molar-refractivity contribution in [3.63, 3.8) is 0 Å². The highest BCUT2D eigenvalue weighted by Crippen LogP contribution is 2.31. The number of hydrogen-bond donors (Lipinski definition) is 2. The molecule has 2 aromatic heterocycles. The minimum Gasteiger partial charge on any atom is -0.497 e. The van der Waals surface area contributed by atoms with E-state index < -0.39 is 0 Å². The molecule has 1 aromatic carbocycles. The Morgan fingerprint density at radius 3 is 2.41 bits per heavy atom. The summed E-state index contributed by atoms with van der Waals surface area (Å²) in [6.45, 7) is 8.27. The van der Waals surface area contributed by atoms with E-state index in [1.165, 1.54) is 0 Å². The Morgan fingerprint density at radius 1 is 1.14 bits per heavy atom. The zero-order chi connectivity index (χ0) is 15.9. The molecule has 0 aliphatic carbocycles. The third-order valence-electron chi connectivity index (χ3n) is 3.26. The number of hydrogen-bond acceptors (Lipinski definition) is 4.